The van der Waals surface area contributed by atoms with Crippen molar-refractivity contribution in [1.82, 2.24) is 0 Å². The molecule has 0 radical (unpaired) electrons. The fourth-order valence-corrected chi connectivity index (χ4v) is 1.65. The summed E-state index contributed by atoms with van der Waals surface area (Å²) in [7, 11) is 0. The van der Waals surface area contributed by atoms with Gasteiger partial charge in [0.1, 0.15) is 0 Å². The lowest BCUT2D eigenvalue weighted by molar-refractivity contribution is 1.14. The molecule has 23 heavy (non-hydrogen) atoms. The Morgan fingerprint density at radius 3 is 0.913 bits per heavy atom. The molecule has 0 saturated carbocycles. The molecule has 0 aliphatic heterocycles. The maximum absolute atomic E-state index is 2.18. The Kier molecular flexibility index (Phi) is 21.2. The number of hydrogen-bond acceptors (Lipinski definition) is 0. The van der Waals surface area contributed by atoms with Crippen LogP contribution in [0.4, 0.5) is 0 Å². The summed E-state index contributed by atoms with van der Waals surface area (Å²) in [6.07, 6.45) is 2.28. The van der Waals surface area contributed by atoms with Crippen molar-refractivity contribution in [2.75, 3.05) is 0 Å². The summed E-state index contributed by atoms with van der Waals surface area (Å²) < 4.78 is 0. The molecule has 0 aliphatic carbocycles. The van der Waals surface area contributed by atoms with Gasteiger partial charge in [0.25, 0.3) is 0 Å². The van der Waals surface area contributed by atoms with Gasteiger partial charge < -0.3 is 0 Å². The first-order valence-corrected chi connectivity index (χ1v) is 8.76. The second-order valence-corrected chi connectivity index (χ2v) is 4.68. The van der Waals surface area contributed by atoms with Crippen LogP contribution >= 0.6 is 0 Å². The molecule has 0 heterocycles. The predicted molar refractivity (Wildman–Crippen MR) is 111 cm³/mol. The standard InChI is InChI=1S/2C9H12.2C2H6.CH4/c2*1-3-9-6-4-8(2)5-7-9;2*1-2;/h2*4-7H,3H2,1-2H3;2*1-2H3;1H4. The first kappa shape index (κ1) is 26.3. The van der Waals surface area contributed by atoms with Gasteiger partial charge in [-0.15, -0.1) is 0 Å². The topological polar surface area (TPSA) is 0 Å². The average Bonchev–Trinajstić information content (AvgIpc) is 2.60. The largest absolute Gasteiger partial charge is 0.0776 e. The molecule has 2 rings (SSSR count). The van der Waals surface area contributed by atoms with Crippen molar-refractivity contribution in [2.24, 2.45) is 0 Å². The molecule has 2 aromatic carbocycles. The van der Waals surface area contributed by atoms with Gasteiger partial charge in [0.05, 0.1) is 0 Å². The molecule has 0 spiro atoms. The zero-order chi connectivity index (χ0) is 17.4. The van der Waals surface area contributed by atoms with E-state index in [1.807, 2.05) is 27.7 Å². The minimum atomic E-state index is 0. The summed E-state index contributed by atoms with van der Waals surface area (Å²) in [6, 6.07) is 17.3. The molecule has 0 aromatic heterocycles. The number of rotatable bonds is 2. The van der Waals surface area contributed by atoms with Crippen molar-refractivity contribution in [2.45, 2.75) is 75.7 Å². The molecule has 0 bridgehead atoms. The third-order valence-corrected chi connectivity index (χ3v) is 3.06. The normalized spacial score (nSPS) is 8.00. The highest BCUT2D eigenvalue weighted by molar-refractivity contribution is 5.21. The Hall–Kier alpha value is -1.56. The van der Waals surface area contributed by atoms with Crippen molar-refractivity contribution < 1.29 is 0 Å². The van der Waals surface area contributed by atoms with Gasteiger partial charge in [0.2, 0.25) is 0 Å². The van der Waals surface area contributed by atoms with E-state index in [-0.39, 0.29) is 7.43 Å². The lowest BCUT2D eigenvalue weighted by Gasteiger charge is -1.94. The second kappa shape index (κ2) is 18.5. The van der Waals surface area contributed by atoms with Crippen LogP contribution in [0.1, 0.15) is 71.2 Å². The number of benzene rings is 2. The van der Waals surface area contributed by atoms with Crippen LogP contribution in [0.3, 0.4) is 0 Å². The van der Waals surface area contributed by atoms with Crippen molar-refractivity contribution in [3.8, 4) is 0 Å². The maximum Gasteiger partial charge on any atom is -0.0307 e. The minimum absolute atomic E-state index is 0. The molecule has 0 unspecified atom stereocenters. The van der Waals surface area contributed by atoms with Crippen LogP contribution in [0.2, 0.25) is 0 Å². The van der Waals surface area contributed by atoms with Crippen LogP contribution in [-0.2, 0) is 12.8 Å². The van der Waals surface area contributed by atoms with Crippen molar-refractivity contribution in [1.29, 1.82) is 0 Å². The highest BCUT2D eigenvalue weighted by Gasteiger charge is 1.85. The molecule has 0 aliphatic rings. The first-order valence-electron chi connectivity index (χ1n) is 8.76. The van der Waals surface area contributed by atoms with Crippen molar-refractivity contribution in [3.63, 3.8) is 0 Å². The Bertz CT molecular complexity index is 389. The van der Waals surface area contributed by atoms with Crippen LogP contribution in [0, 0.1) is 13.8 Å². The third kappa shape index (κ3) is 13.8. The minimum Gasteiger partial charge on any atom is -0.0776 e. The van der Waals surface area contributed by atoms with E-state index >= 15 is 0 Å². The number of aryl methyl sites for hydroxylation is 4. The zero-order valence-corrected chi connectivity index (χ0v) is 16.0. The summed E-state index contributed by atoms with van der Waals surface area (Å²) in [5, 5.41) is 0. The van der Waals surface area contributed by atoms with Crippen LogP contribution in [0.5, 0.6) is 0 Å². The van der Waals surface area contributed by atoms with Crippen LogP contribution in [0.15, 0.2) is 48.5 Å². The molecular formula is C23H40. The Balaban J connectivity index is -0.000000276. The van der Waals surface area contributed by atoms with E-state index in [0.717, 1.165) is 12.8 Å². The molecular weight excluding hydrogens is 276 g/mol. The van der Waals surface area contributed by atoms with E-state index in [1.54, 1.807) is 0 Å². The summed E-state index contributed by atoms with van der Waals surface area (Å²) in [5.74, 6) is 0. The van der Waals surface area contributed by atoms with Gasteiger partial charge in [-0.05, 0) is 37.8 Å². The lowest BCUT2D eigenvalue weighted by atomic mass is 10.1. The first-order chi connectivity index (χ1) is 10.7. The molecule has 0 heteroatoms. The Morgan fingerprint density at radius 1 is 0.522 bits per heavy atom. The molecule has 0 atom stereocenters. The summed E-state index contributed by atoms with van der Waals surface area (Å²) >= 11 is 0. The Labute approximate surface area is 147 Å². The van der Waals surface area contributed by atoms with Gasteiger partial charge in [-0.2, -0.15) is 0 Å². The van der Waals surface area contributed by atoms with Gasteiger partial charge in [-0.3, -0.25) is 0 Å². The highest BCUT2D eigenvalue weighted by atomic mass is 13.9. The smallest absolute Gasteiger partial charge is 0.0307 e. The quantitative estimate of drug-likeness (QED) is 0.530. The van der Waals surface area contributed by atoms with Gasteiger partial charge >= 0.3 is 0 Å². The SMILES string of the molecule is C.CC.CC.CCc1ccc(C)cc1.CCc1ccc(C)cc1. The second-order valence-electron chi connectivity index (χ2n) is 4.68. The van der Waals surface area contributed by atoms with Crippen molar-refractivity contribution in [3.05, 3.63) is 70.8 Å². The van der Waals surface area contributed by atoms with E-state index in [4.69, 9.17) is 0 Å². The lowest BCUT2D eigenvalue weighted by Crippen LogP contribution is -1.77. The van der Waals surface area contributed by atoms with E-state index in [9.17, 15) is 0 Å². The molecule has 0 nitrogen and oxygen atoms in total. The predicted octanol–water partition coefficient (Wildman–Crippen LogP) is 7.80. The van der Waals surface area contributed by atoms with E-state index < -0.39 is 0 Å². The van der Waals surface area contributed by atoms with Crippen LogP contribution in [0.25, 0.3) is 0 Å². The fraction of sp³-hybridized carbons (Fsp3) is 0.478. The molecule has 0 saturated heterocycles. The van der Waals surface area contributed by atoms with E-state index in [2.05, 4.69) is 76.2 Å². The van der Waals surface area contributed by atoms with Gasteiger partial charge in [-0.1, -0.05) is 109 Å². The summed E-state index contributed by atoms with van der Waals surface area (Å²) in [4.78, 5) is 0. The molecule has 0 fully saturated rings. The monoisotopic (exact) mass is 316 g/mol. The van der Waals surface area contributed by atoms with E-state index in [1.165, 1.54) is 22.3 Å². The number of hydrogen-bond donors (Lipinski definition) is 0. The van der Waals surface area contributed by atoms with Crippen molar-refractivity contribution >= 4 is 0 Å². The van der Waals surface area contributed by atoms with Crippen LogP contribution in [-0.4, -0.2) is 0 Å². The Morgan fingerprint density at radius 2 is 0.739 bits per heavy atom. The van der Waals surface area contributed by atoms with Gasteiger partial charge in [0.15, 0.2) is 0 Å². The molecule has 2 aromatic rings. The fourth-order valence-electron chi connectivity index (χ4n) is 1.65. The average molecular weight is 317 g/mol. The maximum atomic E-state index is 2.18. The summed E-state index contributed by atoms with van der Waals surface area (Å²) in [5.41, 5.74) is 5.51. The zero-order valence-electron chi connectivity index (χ0n) is 16.0. The highest BCUT2D eigenvalue weighted by Crippen LogP contribution is 2.03. The van der Waals surface area contributed by atoms with Gasteiger partial charge in [0, 0.05) is 0 Å². The van der Waals surface area contributed by atoms with E-state index in [0.29, 0.717) is 0 Å². The molecule has 132 valence electrons. The van der Waals surface area contributed by atoms with Crippen LogP contribution < -0.4 is 0 Å². The summed E-state index contributed by atoms with van der Waals surface area (Å²) in [6.45, 7) is 16.6. The van der Waals surface area contributed by atoms with Gasteiger partial charge in [-0.25, -0.2) is 0 Å². The molecule has 0 amide bonds. The third-order valence-electron chi connectivity index (χ3n) is 3.06. The molecule has 0 N–H and O–H groups in total.